The number of nitrogens with zero attached hydrogens (tertiary/aromatic N) is 5. The number of non-ortho nitro benzene ring substituents is 1. The highest BCUT2D eigenvalue weighted by Crippen LogP contribution is 2.14. The van der Waals surface area contributed by atoms with Crippen molar-refractivity contribution in [3.8, 4) is 0 Å². The van der Waals surface area contributed by atoms with Crippen molar-refractivity contribution >= 4 is 16.9 Å². The molecule has 2 heterocycles. The van der Waals surface area contributed by atoms with Gasteiger partial charge in [-0.2, -0.15) is 0 Å². The zero-order valence-electron chi connectivity index (χ0n) is 12.5. The minimum Gasteiger partial charge on any atom is -0.320 e. The van der Waals surface area contributed by atoms with E-state index in [-0.39, 0.29) is 5.69 Å². The fourth-order valence-electron chi connectivity index (χ4n) is 2.44. The van der Waals surface area contributed by atoms with Crippen LogP contribution in [0.3, 0.4) is 0 Å². The molecule has 3 aromatic rings. The van der Waals surface area contributed by atoms with Crippen LogP contribution in [0, 0.1) is 10.1 Å². The molecule has 0 aliphatic heterocycles. The number of hydrogen-bond acceptors (Lipinski definition) is 5. The molecule has 2 aromatic heterocycles. The minimum absolute atomic E-state index is 0.00236. The first kappa shape index (κ1) is 14.7. The molecule has 0 bridgehead atoms. The van der Waals surface area contributed by atoms with E-state index in [9.17, 15) is 19.7 Å². The third-order valence-corrected chi connectivity index (χ3v) is 3.72. The van der Waals surface area contributed by atoms with E-state index in [0.29, 0.717) is 17.7 Å². The maximum absolute atomic E-state index is 12.3. The van der Waals surface area contributed by atoms with Gasteiger partial charge in [0.2, 0.25) is 0 Å². The zero-order chi connectivity index (χ0) is 16.7. The average Bonchev–Trinajstić information content (AvgIpc) is 2.95. The van der Waals surface area contributed by atoms with Gasteiger partial charge in [0.15, 0.2) is 11.2 Å². The van der Waals surface area contributed by atoms with Gasteiger partial charge in [-0.1, -0.05) is 12.1 Å². The Morgan fingerprint density at radius 3 is 2.39 bits per heavy atom. The van der Waals surface area contributed by atoms with Crippen LogP contribution in [0.1, 0.15) is 5.56 Å². The van der Waals surface area contributed by atoms with Gasteiger partial charge in [-0.3, -0.25) is 24.0 Å². The quantitative estimate of drug-likeness (QED) is 0.513. The Labute approximate surface area is 129 Å². The first-order chi connectivity index (χ1) is 10.9. The molecule has 118 valence electrons. The van der Waals surface area contributed by atoms with Gasteiger partial charge < -0.3 is 4.57 Å². The highest BCUT2D eigenvalue weighted by atomic mass is 16.6. The van der Waals surface area contributed by atoms with Crippen LogP contribution < -0.4 is 11.2 Å². The first-order valence-corrected chi connectivity index (χ1v) is 6.74. The fraction of sp³-hybridized carbons (Fsp3) is 0.214. The van der Waals surface area contributed by atoms with Crippen LogP contribution in [0.2, 0.25) is 0 Å². The monoisotopic (exact) mass is 315 g/mol. The molecular weight excluding hydrogens is 302 g/mol. The summed E-state index contributed by atoms with van der Waals surface area (Å²) in [7, 11) is 2.96. The molecule has 0 N–H and O–H groups in total. The molecule has 0 radical (unpaired) electrons. The number of hydrogen-bond donors (Lipinski definition) is 0. The van der Waals surface area contributed by atoms with E-state index < -0.39 is 16.2 Å². The summed E-state index contributed by atoms with van der Waals surface area (Å²) in [5, 5.41) is 10.7. The number of nitro benzene ring substituents is 1. The molecule has 0 aliphatic rings. The van der Waals surface area contributed by atoms with Gasteiger partial charge in [-0.05, 0) is 5.56 Å². The van der Waals surface area contributed by atoms with Crippen molar-refractivity contribution in [1.29, 1.82) is 0 Å². The third-order valence-electron chi connectivity index (χ3n) is 3.72. The van der Waals surface area contributed by atoms with Crippen molar-refractivity contribution in [1.82, 2.24) is 18.7 Å². The maximum atomic E-state index is 12.3. The molecule has 0 saturated heterocycles. The summed E-state index contributed by atoms with van der Waals surface area (Å²) >= 11 is 0. The summed E-state index contributed by atoms with van der Waals surface area (Å²) in [4.78, 5) is 38.5. The van der Waals surface area contributed by atoms with Crippen molar-refractivity contribution in [2.45, 2.75) is 6.54 Å². The first-order valence-electron chi connectivity index (χ1n) is 6.74. The average molecular weight is 315 g/mol. The molecule has 3 rings (SSSR count). The standard InChI is InChI=1S/C14H13N5O4/c1-16-12-11(13(20)17(2)14(16)21)18(8-15-12)7-9-3-5-10(6-4-9)19(22)23/h3-6,8H,7H2,1-2H3. The molecule has 0 unspecified atom stereocenters. The predicted octanol–water partition coefficient (Wildman–Crippen LogP) is 0.390. The van der Waals surface area contributed by atoms with E-state index in [4.69, 9.17) is 0 Å². The fourth-order valence-corrected chi connectivity index (χ4v) is 2.44. The summed E-state index contributed by atoms with van der Waals surface area (Å²) < 4.78 is 3.96. The SMILES string of the molecule is Cn1c(=O)c2c(ncn2Cc2ccc([N+](=O)[O-])cc2)n(C)c1=O. The van der Waals surface area contributed by atoms with Gasteiger partial charge in [0.25, 0.3) is 11.2 Å². The number of imidazole rings is 1. The second-order valence-corrected chi connectivity index (χ2v) is 5.17. The zero-order valence-corrected chi connectivity index (χ0v) is 12.5. The number of benzene rings is 1. The molecule has 23 heavy (non-hydrogen) atoms. The Bertz CT molecular complexity index is 1030. The van der Waals surface area contributed by atoms with E-state index in [2.05, 4.69) is 4.98 Å². The Hall–Kier alpha value is -3.23. The lowest BCUT2D eigenvalue weighted by Crippen LogP contribution is -2.37. The van der Waals surface area contributed by atoms with E-state index in [1.54, 1.807) is 23.7 Å². The smallest absolute Gasteiger partial charge is 0.320 e. The number of rotatable bonds is 3. The summed E-state index contributed by atoms with van der Waals surface area (Å²) in [6, 6.07) is 6.05. The van der Waals surface area contributed by atoms with E-state index in [0.717, 1.165) is 10.1 Å². The molecule has 9 nitrogen and oxygen atoms in total. The van der Waals surface area contributed by atoms with Crippen molar-refractivity contribution in [3.05, 3.63) is 67.1 Å². The molecular formula is C14H13N5O4. The number of aryl methyl sites for hydroxylation is 1. The molecule has 0 spiro atoms. The lowest BCUT2D eigenvalue weighted by Gasteiger charge is -2.06. The van der Waals surface area contributed by atoms with Gasteiger partial charge in [-0.15, -0.1) is 0 Å². The Balaban J connectivity index is 2.09. The summed E-state index contributed by atoms with van der Waals surface area (Å²) in [5.41, 5.74) is 0.534. The van der Waals surface area contributed by atoms with Crippen LogP contribution in [-0.2, 0) is 20.6 Å². The Kier molecular flexibility index (Phi) is 3.32. The van der Waals surface area contributed by atoms with Crippen molar-refractivity contribution < 1.29 is 4.92 Å². The number of fused-ring (bicyclic) bond motifs is 1. The molecule has 0 atom stereocenters. The van der Waals surface area contributed by atoms with Crippen LogP contribution in [0.15, 0.2) is 40.2 Å². The molecule has 1 aromatic carbocycles. The van der Waals surface area contributed by atoms with Gasteiger partial charge in [0.05, 0.1) is 11.3 Å². The second-order valence-electron chi connectivity index (χ2n) is 5.17. The van der Waals surface area contributed by atoms with Gasteiger partial charge in [0.1, 0.15) is 0 Å². The number of aromatic nitrogens is 4. The van der Waals surface area contributed by atoms with Gasteiger partial charge >= 0.3 is 5.69 Å². The third kappa shape index (κ3) is 2.31. The molecule has 0 aliphatic carbocycles. The summed E-state index contributed by atoms with van der Waals surface area (Å²) in [6.45, 7) is 0.321. The lowest BCUT2D eigenvalue weighted by atomic mass is 10.2. The van der Waals surface area contributed by atoms with Crippen LogP contribution in [-0.4, -0.2) is 23.6 Å². The van der Waals surface area contributed by atoms with E-state index in [1.807, 2.05) is 0 Å². The molecule has 0 amide bonds. The maximum Gasteiger partial charge on any atom is 0.332 e. The largest absolute Gasteiger partial charge is 0.332 e. The normalized spacial score (nSPS) is 11.0. The van der Waals surface area contributed by atoms with Crippen LogP contribution in [0.25, 0.3) is 11.2 Å². The van der Waals surface area contributed by atoms with Crippen molar-refractivity contribution in [2.24, 2.45) is 14.1 Å². The minimum atomic E-state index is -0.470. The molecule has 0 saturated carbocycles. The Morgan fingerprint density at radius 2 is 1.78 bits per heavy atom. The highest BCUT2D eigenvalue weighted by Gasteiger charge is 2.14. The highest BCUT2D eigenvalue weighted by molar-refractivity contribution is 5.70. The number of nitro groups is 1. The van der Waals surface area contributed by atoms with Crippen LogP contribution in [0.5, 0.6) is 0 Å². The van der Waals surface area contributed by atoms with Crippen molar-refractivity contribution in [2.75, 3.05) is 0 Å². The lowest BCUT2D eigenvalue weighted by molar-refractivity contribution is -0.384. The van der Waals surface area contributed by atoms with E-state index in [1.165, 1.54) is 30.1 Å². The summed E-state index contributed by atoms with van der Waals surface area (Å²) in [6.07, 6.45) is 1.48. The van der Waals surface area contributed by atoms with Crippen LogP contribution >= 0.6 is 0 Å². The van der Waals surface area contributed by atoms with Gasteiger partial charge in [0, 0.05) is 32.8 Å². The Morgan fingerprint density at radius 1 is 1.13 bits per heavy atom. The second kappa shape index (κ2) is 5.20. The molecule has 9 heteroatoms. The summed E-state index contributed by atoms with van der Waals surface area (Å²) in [5.74, 6) is 0. The van der Waals surface area contributed by atoms with Gasteiger partial charge in [-0.25, -0.2) is 9.78 Å². The van der Waals surface area contributed by atoms with Crippen molar-refractivity contribution in [3.63, 3.8) is 0 Å². The predicted molar refractivity (Wildman–Crippen MR) is 82.4 cm³/mol. The van der Waals surface area contributed by atoms with E-state index >= 15 is 0 Å². The molecule has 0 fully saturated rings. The van der Waals surface area contributed by atoms with Crippen LogP contribution in [0.4, 0.5) is 5.69 Å². The topological polar surface area (TPSA) is 105 Å².